The zero-order chi connectivity index (χ0) is 16.2. The Morgan fingerprint density at radius 1 is 1.48 bits per heavy atom. The molecule has 1 amide bonds. The first-order chi connectivity index (χ1) is 9.81. The van der Waals surface area contributed by atoms with E-state index in [1.165, 1.54) is 18.7 Å². The van der Waals surface area contributed by atoms with Crippen LogP contribution in [0.4, 0.5) is 5.69 Å². The van der Waals surface area contributed by atoms with Crippen LogP contribution in [0.1, 0.15) is 42.9 Å². The summed E-state index contributed by atoms with van der Waals surface area (Å²) in [6, 6.07) is 0. The zero-order valence-corrected chi connectivity index (χ0v) is 12.8. The number of hydrogen-bond donors (Lipinski definition) is 2. The molecule has 0 saturated heterocycles. The average molecular weight is 298 g/mol. The lowest BCUT2D eigenvalue weighted by molar-refractivity contribution is -0.385. The Balaban J connectivity index is 2.98. The summed E-state index contributed by atoms with van der Waals surface area (Å²) in [5.41, 5.74) is -0.556. The summed E-state index contributed by atoms with van der Waals surface area (Å²) >= 11 is 0. The number of carbonyl (C=O) groups excluding carboxylic acids is 1. The predicted molar refractivity (Wildman–Crippen MR) is 77.0 cm³/mol. The van der Waals surface area contributed by atoms with E-state index in [-0.39, 0.29) is 30.2 Å². The summed E-state index contributed by atoms with van der Waals surface area (Å²) in [6.45, 7) is 5.57. The van der Waals surface area contributed by atoms with Gasteiger partial charge in [-0.05, 0) is 19.8 Å². The fraction of sp³-hybridized carbons (Fsp3) is 0.692. The second-order valence-corrected chi connectivity index (χ2v) is 5.21. The van der Waals surface area contributed by atoms with Crippen LogP contribution in [0.25, 0.3) is 0 Å². The van der Waals surface area contributed by atoms with E-state index >= 15 is 0 Å². The Bertz CT molecular complexity index is 526. The topological polar surface area (TPSA) is 110 Å². The smallest absolute Gasteiger partial charge is 0.322 e. The van der Waals surface area contributed by atoms with Crippen molar-refractivity contribution in [1.82, 2.24) is 15.1 Å². The number of aliphatic hydroxyl groups excluding tert-OH is 1. The number of hydrogen-bond acceptors (Lipinski definition) is 5. The van der Waals surface area contributed by atoms with Crippen molar-refractivity contribution in [3.8, 4) is 0 Å². The van der Waals surface area contributed by atoms with Gasteiger partial charge in [-0.1, -0.05) is 13.8 Å². The molecule has 0 aliphatic heterocycles. The number of amides is 1. The van der Waals surface area contributed by atoms with E-state index < -0.39 is 16.2 Å². The molecule has 21 heavy (non-hydrogen) atoms. The van der Waals surface area contributed by atoms with Gasteiger partial charge in [0.2, 0.25) is 5.69 Å². The predicted octanol–water partition coefficient (Wildman–Crippen LogP) is 1.17. The number of nitrogens with zero attached hydrogens (tertiary/aromatic N) is 3. The SMILES string of the molecule is CCC(CC)(CO)CNC(=O)c1c([N+](=O)[O-])c(C)nn1C. The highest BCUT2D eigenvalue weighted by Crippen LogP contribution is 2.26. The van der Waals surface area contributed by atoms with Crippen LogP contribution in [-0.4, -0.2) is 38.9 Å². The number of rotatable bonds is 7. The molecule has 0 atom stereocenters. The molecule has 0 saturated carbocycles. The molecule has 8 heteroatoms. The van der Waals surface area contributed by atoms with Crippen LogP contribution in [0.2, 0.25) is 0 Å². The number of nitro groups is 1. The Hall–Kier alpha value is -1.96. The monoisotopic (exact) mass is 298 g/mol. The third kappa shape index (κ3) is 3.38. The van der Waals surface area contributed by atoms with Gasteiger partial charge in [0, 0.05) is 19.0 Å². The quantitative estimate of drug-likeness (QED) is 0.580. The second-order valence-electron chi connectivity index (χ2n) is 5.21. The van der Waals surface area contributed by atoms with Gasteiger partial charge in [-0.2, -0.15) is 5.10 Å². The van der Waals surface area contributed by atoms with Gasteiger partial charge in [-0.3, -0.25) is 19.6 Å². The number of carbonyl (C=O) groups is 1. The Morgan fingerprint density at radius 3 is 2.48 bits per heavy atom. The van der Waals surface area contributed by atoms with E-state index in [0.717, 1.165) is 0 Å². The summed E-state index contributed by atoms with van der Waals surface area (Å²) in [5, 5.41) is 27.1. The van der Waals surface area contributed by atoms with E-state index in [1.807, 2.05) is 13.8 Å². The summed E-state index contributed by atoms with van der Waals surface area (Å²) in [5.74, 6) is -0.551. The van der Waals surface area contributed by atoms with E-state index in [2.05, 4.69) is 10.4 Å². The summed E-state index contributed by atoms with van der Waals surface area (Å²) in [4.78, 5) is 22.7. The average Bonchev–Trinajstić information content (AvgIpc) is 2.75. The molecule has 1 aromatic rings. The minimum absolute atomic E-state index is 0.0488. The molecule has 8 nitrogen and oxygen atoms in total. The molecule has 1 rings (SSSR count). The molecule has 0 spiro atoms. The van der Waals surface area contributed by atoms with Gasteiger partial charge in [0.05, 0.1) is 11.5 Å². The molecule has 0 aliphatic carbocycles. The first-order valence-electron chi connectivity index (χ1n) is 6.89. The van der Waals surface area contributed by atoms with Crippen LogP contribution in [0.3, 0.4) is 0 Å². The zero-order valence-electron chi connectivity index (χ0n) is 12.8. The van der Waals surface area contributed by atoms with Crippen molar-refractivity contribution in [1.29, 1.82) is 0 Å². The van der Waals surface area contributed by atoms with Crippen LogP contribution in [0.5, 0.6) is 0 Å². The van der Waals surface area contributed by atoms with Crippen molar-refractivity contribution in [2.75, 3.05) is 13.2 Å². The van der Waals surface area contributed by atoms with Gasteiger partial charge in [-0.15, -0.1) is 0 Å². The fourth-order valence-corrected chi connectivity index (χ4v) is 2.25. The van der Waals surface area contributed by atoms with Gasteiger partial charge < -0.3 is 10.4 Å². The maximum Gasteiger partial charge on any atom is 0.322 e. The molecule has 118 valence electrons. The Morgan fingerprint density at radius 2 is 2.05 bits per heavy atom. The van der Waals surface area contributed by atoms with Crippen molar-refractivity contribution in [2.24, 2.45) is 12.5 Å². The number of aryl methyl sites for hydroxylation is 2. The van der Waals surface area contributed by atoms with Gasteiger partial charge in [0.15, 0.2) is 0 Å². The summed E-state index contributed by atoms with van der Waals surface area (Å²) in [6.07, 6.45) is 1.40. The Labute approximate surface area is 123 Å². The van der Waals surface area contributed by atoms with Gasteiger partial charge in [-0.25, -0.2) is 0 Å². The van der Waals surface area contributed by atoms with Crippen molar-refractivity contribution in [3.63, 3.8) is 0 Å². The standard InChI is InChI=1S/C13H22N4O4/c1-5-13(6-2,8-18)7-14-12(19)11-10(17(20)21)9(3)15-16(11)4/h18H,5-8H2,1-4H3,(H,14,19). The lowest BCUT2D eigenvalue weighted by atomic mass is 9.83. The van der Waals surface area contributed by atoms with E-state index in [0.29, 0.717) is 12.8 Å². The third-order valence-corrected chi connectivity index (χ3v) is 4.05. The highest BCUT2D eigenvalue weighted by atomic mass is 16.6. The molecular formula is C13H22N4O4. The number of aromatic nitrogens is 2. The van der Waals surface area contributed by atoms with Crippen molar-refractivity contribution in [3.05, 3.63) is 21.5 Å². The molecular weight excluding hydrogens is 276 g/mol. The highest BCUT2D eigenvalue weighted by Gasteiger charge is 2.31. The Kier molecular flexibility index (Phi) is 5.42. The van der Waals surface area contributed by atoms with Crippen molar-refractivity contribution < 1.29 is 14.8 Å². The fourth-order valence-electron chi connectivity index (χ4n) is 2.25. The van der Waals surface area contributed by atoms with Crippen LogP contribution >= 0.6 is 0 Å². The minimum Gasteiger partial charge on any atom is -0.396 e. The molecule has 0 bridgehead atoms. The second kappa shape index (κ2) is 6.66. The van der Waals surface area contributed by atoms with Gasteiger partial charge in [0.1, 0.15) is 5.69 Å². The first-order valence-corrected chi connectivity index (χ1v) is 6.89. The van der Waals surface area contributed by atoms with E-state index in [9.17, 15) is 20.0 Å². The lowest BCUT2D eigenvalue weighted by Crippen LogP contribution is -2.40. The molecule has 0 aromatic carbocycles. The van der Waals surface area contributed by atoms with Gasteiger partial charge >= 0.3 is 5.69 Å². The molecule has 2 N–H and O–H groups in total. The first kappa shape index (κ1) is 17.1. The van der Waals surface area contributed by atoms with Crippen LogP contribution in [0, 0.1) is 22.5 Å². The summed E-state index contributed by atoms with van der Waals surface area (Å²) < 4.78 is 1.21. The van der Waals surface area contributed by atoms with Crippen LogP contribution in [0.15, 0.2) is 0 Å². The molecule has 0 unspecified atom stereocenters. The number of nitrogens with one attached hydrogen (secondary N) is 1. The molecule has 0 radical (unpaired) electrons. The highest BCUT2D eigenvalue weighted by molar-refractivity contribution is 5.96. The van der Waals surface area contributed by atoms with Crippen LogP contribution < -0.4 is 5.32 Å². The molecule has 1 aromatic heterocycles. The minimum atomic E-state index is -0.601. The third-order valence-electron chi connectivity index (χ3n) is 4.05. The maximum atomic E-state index is 12.2. The van der Waals surface area contributed by atoms with E-state index in [1.54, 1.807) is 0 Å². The van der Waals surface area contributed by atoms with Gasteiger partial charge in [0.25, 0.3) is 5.91 Å². The molecule has 0 aliphatic rings. The molecule has 0 fully saturated rings. The largest absolute Gasteiger partial charge is 0.396 e. The number of aliphatic hydroxyl groups is 1. The van der Waals surface area contributed by atoms with Crippen LogP contribution in [-0.2, 0) is 7.05 Å². The van der Waals surface area contributed by atoms with Crippen molar-refractivity contribution >= 4 is 11.6 Å². The normalized spacial score (nSPS) is 11.5. The maximum absolute atomic E-state index is 12.2. The van der Waals surface area contributed by atoms with Crippen molar-refractivity contribution in [2.45, 2.75) is 33.6 Å². The summed E-state index contributed by atoms with van der Waals surface area (Å²) in [7, 11) is 1.49. The molecule has 1 heterocycles. The van der Waals surface area contributed by atoms with E-state index in [4.69, 9.17) is 0 Å². The lowest BCUT2D eigenvalue weighted by Gasteiger charge is -2.29.